The number of anilines is 2. The maximum Gasteiger partial charge on any atom is 0.278 e. The maximum atomic E-state index is 12.5. The van der Waals surface area contributed by atoms with Crippen molar-refractivity contribution >= 4 is 68.8 Å². The molecular weight excluding hydrogens is 419 g/mol. The molecule has 138 valence electrons. The first-order valence-corrected chi connectivity index (χ1v) is 9.84. The van der Waals surface area contributed by atoms with Crippen LogP contribution in [-0.2, 0) is 16.0 Å². The van der Waals surface area contributed by atoms with E-state index in [9.17, 15) is 9.59 Å². The zero-order valence-corrected chi connectivity index (χ0v) is 16.8. The molecule has 2 heterocycles. The summed E-state index contributed by atoms with van der Waals surface area (Å²) in [6.45, 7) is 2.57. The lowest BCUT2D eigenvalue weighted by molar-refractivity contribution is -0.117. The van der Waals surface area contributed by atoms with Gasteiger partial charge in [-0.2, -0.15) is 0 Å². The lowest BCUT2D eigenvalue weighted by Gasteiger charge is -2.19. The lowest BCUT2D eigenvalue weighted by atomic mass is 10.1. The van der Waals surface area contributed by atoms with Crippen LogP contribution in [0.5, 0.6) is 0 Å². The number of nitrogens with zero attached hydrogens (tertiary/aromatic N) is 3. The Morgan fingerprint density at radius 3 is 2.77 bits per heavy atom. The van der Waals surface area contributed by atoms with Crippen LogP contribution in [0.25, 0.3) is 0 Å². The van der Waals surface area contributed by atoms with Crippen LogP contribution >= 0.6 is 46.1 Å². The molecule has 3 rings (SSSR count). The molecule has 1 aliphatic heterocycles. The summed E-state index contributed by atoms with van der Waals surface area (Å²) in [5.41, 5.74) is 2.05. The van der Waals surface area contributed by atoms with Crippen molar-refractivity contribution in [2.45, 2.75) is 29.5 Å². The fourth-order valence-electron chi connectivity index (χ4n) is 2.80. The van der Waals surface area contributed by atoms with E-state index in [1.807, 2.05) is 24.3 Å². The number of halogens is 3. The van der Waals surface area contributed by atoms with Crippen LogP contribution in [0.15, 0.2) is 24.3 Å². The van der Waals surface area contributed by atoms with E-state index >= 15 is 0 Å². The number of amides is 2. The number of carbonyl (C=O) groups is 2. The number of benzene rings is 1. The zero-order valence-electron chi connectivity index (χ0n) is 13.7. The highest BCUT2D eigenvalue weighted by molar-refractivity contribution is 7.15. The van der Waals surface area contributed by atoms with Crippen LogP contribution in [-0.4, -0.2) is 32.3 Å². The molecule has 10 heteroatoms. The summed E-state index contributed by atoms with van der Waals surface area (Å²) in [5.74, 6) is -0.854. The molecule has 1 aromatic heterocycles. The van der Waals surface area contributed by atoms with Crippen LogP contribution in [0.4, 0.5) is 10.8 Å². The zero-order chi connectivity index (χ0) is 18.9. The van der Waals surface area contributed by atoms with Crippen LogP contribution in [0.2, 0.25) is 0 Å². The van der Waals surface area contributed by atoms with Crippen molar-refractivity contribution in [2.75, 3.05) is 16.8 Å². The van der Waals surface area contributed by atoms with Crippen molar-refractivity contribution in [3.63, 3.8) is 0 Å². The molecule has 0 spiro atoms. The standard InChI is InChI=1S/C16H15Cl3N4O2S/c1-2-9-5-3-4-6-11(9)23-8-10(7-12(23)24)13-21-22-15(26-13)20-14(25)16(17,18)19/h3-6,10H,2,7-8H2,1H3,(H,20,22,25). The Kier molecular flexibility index (Phi) is 5.72. The SMILES string of the molecule is CCc1ccccc1N1CC(c2nnc(NC(=O)C(Cl)(Cl)Cl)s2)CC1=O. The highest BCUT2D eigenvalue weighted by Gasteiger charge is 2.35. The molecule has 1 N–H and O–H groups in total. The van der Waals surface area contributed by atoms with Crippen molar-refractivity contribution < 1.29 is 9.59 Å². The molecule has 26 heavy (non-hydrogen) atoms. The number of hydrogen-bond acceptors (Lipinski definition) is 5. The molecule has 1 saturated heterocycles. The molecule has 0 saturated carbocycles. The smallest absolute Gasteiger partial charge is 0.278 e. The first kappa shape index (κ1) is 19.4. The molecular formula is C16H15Cl3N4O2S. The predicted molar refractivity (Wildman–Crippen MR) is 104 cm³/mol. The van der Waals surface area contributed by atoms with Gasteiger partial charge in [-0.15, -0.1) is 10.2 Å². The number of alkyl halides is 3. The summed E-state index contributed by atoms with van der Waals surface area (Å²) < 4.78 is -2.07. The van der Waals surface area contributed by atoms with Crippen LogP contribution in [0.1, 0.15) is 29.8 Å². The van der Waals surface area contributed by atoms with Crippen molar-refractivity contribution in [1.82, 2.24) is 10.2 Å². The van der Waals surface area contributed by atoms with Gasteiger partial charge in [-0.3, -0.25) is 14.9 Å². The number of rotatable bonds is 4. The number of aromatic nitrogens is 2. The normalized spacial score (nSPS) is 17.6. The van der Waals surface area contributed by atoms with Gasteiger partial charge in [-0.25, -0.2) is 0 Å². The number of para-hydroxylation sites is 1. The third kappa shape index (κ3) is 4.11. The molecule has 1 aliphatic rings. The molecule has 1 unspecified atom stereocenters. The monoisotopic (exact) mass is 432 g/mol. The van der Waals surface area contributed by atoms with Gasteiger partial charge in [0.1, 0.15) is 5.01 Å². The van der Waals surface area contributed by atoms with Crippen molar-refractivity contribution in [3.8, 4) is 0 Å². The predicted octanol–water partition coefficient (Wildman–Crippen LogP) is 3.93. The third-order valence-corrected chi connectivity index (χ3v) is 5.57. The van der Waals surface area contributed by atoms with E-state index in [0.717, 1.165) is 17.7 Å². The Hall–Kier alpha value is -1.41. The van der Waals surface area contributed by atoms with Crippen LogP contribution in [0.3, 0.4) is 0 Å². The van der Waals surface area contributed by atoms with E-state index in [-0.39, 0.29) is 17.0 Å². The van der Waals surface area contributed by atoms with Gasteiger partial charge in [0.2, 0.25) is 11.0 Å². The molecule has 1 fully saturated rings. The van der Waals surface area contributed by atoms with E-state index in [1.54, 1.807) is 4.90 Å². The molecule has 1 atom stereocenters. The second-order valence-electron chi connectivity index (χ2n) is 5.78. The Morgan fingerprint density at radius 2 is 2.08 bits per heavy atom. The topological polar surface area (TPSA) is 75.2 Å². The van der Waals surface area contributed by atoms with Crippen molar-refractivity contribution in [2.24, 2.45) is 0 Å². The fourth-order valence-corrected chi connectivity index (χ4v) is 3.77. The third-order valence-electron chi connectivity index (χ3n) is 4.06. The van der Waals surface area contributed by atoms with E-state index in [0.29, 0.717) is 18.0 Å². The summed E-state index contributed by atoms with van der Waals surface area (Å²) in [6, 6.07) is 7.85. The molecule has 6 nitrogen and oxygen atoms in total. The highest BCUT2D eigenvalue weighted by atomic mass is 35.6. The van der Waals surface area contributed by atoms with Gasteiger partial charge in [-0.1, -0.05) is 71.3 Å². The number of hydrogen-bond donors (Lipinski definition) is 1. The number of aryl methyl sites for hydroxylation is 1. The van der Waals surface area contributed by atoms with Gasteiger partial charge in [0.15, 0.2) is 0 Å². The largest absolute Gasteiger partial charge is 0.311 e. The Balaban J connectivity index is 1.74. The van der Waals surface area contributed by atoms with E-state index in [2.05, 4.69) is 22.4 Å². The quantitative estimate of drug-likeness (QED) is 0.741. The van der Waals surface area contributed by atoms with Gasteiger partial charge in [0, 0.05) is 24.6 Å². The van der Waals surface area contributed by atoms with Gasteiger partial charge in [0.25, 0.3) is 9.70 Å². The molecule has 0 radical (unpaired) electrons. The van der Waals surface area contributed by atoms with Gasteiger partial charge >= 0.3 is 0 Å². The minimum atomic E-state index is -2.07. The minimum Gasteiger partial charge on any atom is -0.311 e. The van der Waals surface area contributed by atoms with E-state index in [4.69, 9.17) is 34.8 Å². The van der Waals surface area contributed by atoms with Gasteiger partial charge < -0.3 is 4.90 Å². The molecule has 0 aliphatic carbocycles. The fraction of sp³-hybridized carbons (Fsp3) is 0.375. The first-order chi connectivity index (χ1) is 12.3. The molecule has 2 aromatic rings. The molecule has 2 amide bonds. The Bertz CT molecular complexity index is 837. The van der Waals surface area contributed by atoms with Gasteiger partial charge in [0.05, 0.1) is 0 Å². The van der Waals surface area contributed by atoms with Crippen molar-refractivity contribution in [1.29, 1.82) is 0 Å². The average molecular weight is 434 g/mol. The summed E-state index contributed by atoms with van der Waals surface area (Å²) in [4.78, 5) is 26.0. The molecule has 1 aromatic carbocycles. The number of nitrogens with one attached hydrogen (secondary N) is 1. The first-order valence-electron chi connectivity index (χ1n) is 7.89. The van der Waals surface area contributed by atoms with E-state index in [1.165, 1.54) is 11.3 Å². The second-order valence-corrected chi connectivity index (χ2v) is 9.08. The second kappa shape index (κ2) is 7.68. The Morgan fingerprint density at radius 1 is 1.35 bits per heavy atom. The highest BCUT2D eigenvalue weighted by Crippen LogP contribution is 2.36. The minimum absolute atomic E-state index is 0.0398. The summed E-state index contributed by atoms with van der Waals surface area (Å²) in [6.07, 6.45) is 1.18. The summed E-state index contributed by atoms with van der Waals surface area (Å²) >= 11 is 17.8. The van der Waals surface area contributed by atoms with Gasteiger partial charge in [-0.05, 0) is 18.1 Å². The Labute approximate surface area is 169 Å². The van der Waals surface area contributed by atoms with Crippen molar-refractivity contribution in [3.05, 3.63) is 34.8 Å². The summed E-state index contributed by atoms with van der Waals surface area (Å²) in [5, 5.41) is 11.3. The summed E-state index contributed by atoms with van der Waals surface area (Å²) in [7, 11) is 0. The van der Waals surface area contributed by atoms with Crippen LogP contribution in [0, 0.1) is 0 Å². The van der Waals surface area contributed by atoms with E-state index < -0.39 is 9.70 Å². The lowest BCUT2D eigenvalue weighted by Crippen LogP contribution is -2.26. The average Bonchev–Trinajstić information content (AvgIpc) is 3.20. The number of carbonyl (C=O) groups excluding carboxylic acids is 2. The maximum absolute atomic E-state index is 12.5. The molecule has 0 bridgehead atoms. The van der Waals surface area contributed by atoms with Crippen LogP contribution < -0.4 is 10.2 Å².